The van der Waals surface area contributed by atoms with E-state index in [4.69, 9.17) is 16.3 Å². The van der Waals surface area contributed by atoms with E-state index < -0.39 is 25.1 Å². The molecular formula is C21H19ClF2N4O4. The third-order valence-corrected chi connectivity index (χ3v) is 4.50. The smallest absolute Gasteiger partial charge is 0.387 e. The van der Waals surface area contributed by atoms with Crippen LogP contribution in [0.1, 0.15) is 35.8 Å². The molecule has 11 heteroatoms. The average Bonchev–Trinajstić information content (AvgIpc) is 3.20. The van der Waals surface area contributed by atoms with Crippen LogP contribution in [0.25, 0.3) is 5.82 Å². The van der Waals surface area contributed by atoms with Crippen molar-refractivity contribution in [1.82, 2.24) is 14.8 Å². The van der Waals surface area contributed by atoms with E-state index in [1.54, 1.807) is 29.1 Å². The largest absolute Gasteiger partial charge is 0.452 e. The van der Waals surface area contributed by atoms with Crippen molar-refractivity contribution in [2.45, 2.75) is 26.4 Å². The number of rotatable bonds is 8. The highest BCUT2D eigenvalue weighted by atomic mass is 35.5. The third kappa shape index (κ3) is 5.58. The van der Waals surface area contributed by atoms with Gasteiger partial charge in [-0.05, 0) is 36.2 Å². The fourth-order valence-corrected chi connectivity index (χ4v) is 3.13. The molecule has 0 aliphatic carbocycles. The Balaban J connectivity index is 1.65. The van der Waals surface area contributed by atoms with Crippen molar-refractivity contribution in [3.8, 4) is 11.6 Å². The summed E-state index contributed by atoms with van der Waals surface area (Å²) in [5, 5.41) is 6.59. The maximum Gasteiger partial charge on any atom is 0.387 e. The molecule has 0 fully saturated rings. The minimum absolute atomic E-state index is 0.0769. The molecule has 3 aromatic rings. The van der Waals surface area contributed by atoms with Crippen LogP contribution in [0.15, 0.2) is 48.8 Å². The molecule has 0 radical (unpaired) electrons. The number of anilines is 1. The van der Waals surface area contributed by atoms with Crippen LogP contribution in [0.3, 0.4) is 0 Å². The number of halogens is 3. The monoisotopic (exact) mass is 464 g/mol. The molecule has 3 rings (SSSR count). The SMILES string of the molecule is CC(C)c1c(C(=O)OCC(=O)Nc2ccc(OC(F)F)c(Cl)c2)cnn1-c1ccccn1. The van der Waals surface area contributed by atoms with Gasteiger partial charge < -0.3 is 14.8 Å². The Hall–Kier alpha value is -3.53. The highest BCUT2D eigenvalue weighted by molar-refractivity contribution is 6.32. The van der Waals surface area contributed by atoms with Gasteiger partial charge in [0.2, 0.25) is 0 Å². The van der Waals surface area contributed by atoms with Gasteiger partial charge in [-0.25, -0.2) is 14.5 Å². The van der Waals surface area contributed by atoms with Crippen LogP contribution >= 0.6 is 11.6 Å². The van der Waals surface area contributed by atoms with Gasteiger partial charge in [0.05, 0.1) is 16.9 Å². The van der Waals surface area contributed by atoms with Gasteiger partial charge in [-0.2, -0.15) is 13.9 Å². The molecule has 8 nitrogen and oxygen atoms in total. The van der Waals surface area contributed by atoms with Crippen molar-refractivity contribution >= 4 is 29.2 Å². The first-order valence-electron chi connectivity index (χ1n) is 9.47. The number of hydrogen-bond donors (Lipinski definition) is 1. The van der Waals surface area contributed by atoms with Crippen LogP contribution in [0.5, 0.6) is 5.75 Å². The van der Waals surface area contributed by atoms with E-state index >= 15 is 0 Å². The molecule has 2 heterocycles. The molecule has 0 unspecified atom stereocenters. The number of carbonyl (C=O) groups is 2. The van der Waals surface area contributed by atoms with Crippen molar-refractivity contribution in [1.29, 1.82) is 0 Å². The molecular weight excluding hydrogens is 446 g/mol. The summed E-state index contributed by atoms with van der Waals surface area (Å²) >= 11 is 5.85. The van der Waals surface area contributed by atoms with E-state index in [9.17, 15) is 18.4 Å². The molecule has 0 saturated heterocycles. The zero-order valence-electron chi connectivity index (χ0n) is 17.1. The Morgan fingerprint density at radius 1 is 1.22 bits per heavy atom. The fourth-order valence-electron chi connectivity index (χ4n) is 2.91. The number of amides is 1. The molecule has 0 atom stereocenters. The molecule has 0 bridgehead atoms. The van der Waals surface area contributed by atoms with Gasteiger partial charge in [0.15, 0.2) is 12.4 Å². The molecule has 1 aromatic carbocycles. The molecule has 1 N–H and O–H groups in total. The van der Waals surface area contributed by atoms with Crippen molar-refractivity contribution in [3.63, 3.8) is 0 Å². The number of aromatic nitrogens is 3. The minimum atomic E-state index is -3.02. The standard InChI is InChI=1S/C21H19ClF2N4O4/c1-12(2)19-14(10-26-28(19)17-5-3-4-8-25-17)20(30)31-11-18(29)27-13-6-7-16(15(22)9-13)32-21(23)24/h3-10,12,21H,11H2,1-2H3,(H,27,29). The average molecular weight is 465 g/mol. The van der Waals surface area contributed by atoms with E-state index in [-0.39, 0.29) is 27.9 Å². The van der Waals surface area contributed by atoms with E-state index in [0.29, 0.717) is 11.5 Å². The first-order valence-corrected chi connectivity index (χ1v) is 9.84. The lowest BCUT2D eigenvalue weighted by Crippen LogP contribution is -2.21. The first kappa shape index (κ1) is 23.1. The molecule has 0 spiro atoms. The molecule has 168 valence electrons. The number of esters is 1. The zero-order valence-corrected chi connectivity index (χ0v) is 17.8. The lowest BCUT2D eigenvalue weighted by atomic mass is 10.1. The summed E-state index contributed by atoms with van der Waals surface area (Å²) < 4.78 is 35.5. The Kier molecular flexibility index (Phi) is 7.37. The third-order valence-electron chi connectivity index (χ3n) is 4.21. The van der Waals surface area contributed by atoms with Crippen LogP contribution < -0.4 is 10.1 Å². The van der Waals surface area contributed by atoms with Crippen LogP contribution in [-0.2, 0) is 9.53 Å². The maximum atomic E-state index is 12.6. The second-order valence-electron chi connectivity index (χ2n) is 6.85. The zero-order chi connectivity index (χ0) is 23.3. The predicted molar refractivity (Wildman–Crippen MR) is 112 cm³/mol. The van der Waals surface area contributed by atoms with E-state index in [0.717, 1.165) is 0 Å². The number of nitrogens with one attached hydrogen (secondary N) is 1. The quantitative estimate of drug-likeness (QED) is 0.495. The van der Waals surface area contributed by atoms with Gasteiger partial charge in [0.1, 0.15) is 11.3 Å². The van der Waals surface area contributed by atoms with Gasteiger partial charge in [-0.1, -0.05) is 31.5 Å². The van der Waals surface area contributed by atoms with Crippen LogP contribution in [-0.4, -0.2) is 39.9 Å². The minimum Gasteiger partial charge on any atom is -0.452 e. The van der Waals surface area contributed by atoms with E-state index in [2.05, 4.69) is 20.1 Å². The van der Waals surface area contributed by atoms with Crippen molar-refractivity contribution in [2.24, 2.45) is 0 Å². The summed E-state index contributed by atoms with van der Waals surface area (Å²) in [5.41, 5.74) is 1.04. The summed E-state index contributed by atoms with van der Waals surface area (Å²) in [6, 6.07) is 9.09. The van der Waals surface area contributed by atoms with Gasteiger partial charge >= 0.3 is 12.6 Å². The molecule has 0 aliphatic heterocycles. The van der Waals surface area contributed by atoms with Crippen molar-refractivity contribution in [3.05, 3.63) is 65.1 Å². The van der Waals surface area contributed by atoms with Crippen LogP contribution in [0.4, 0.5) is 14.5 Å². The summed E-state index contributed by atoms with van der Waals surface area (Å²) in [6.45, 7) is 0.193. The number of hydrogen-bond acceptors (Lipinski definition) is 6. The Bertz CT molecular complexity index is 1110. The van der Waals surface area contributed by atoms with E-state index in [1.165, 1.54) is 24.4 Å². The number of benzene rings is 1. The summed E-state index contributed by atoms with van der Waals surface area (Å²) in [4.78, 5) is 29.0. The van der Waals surface area contributed by atoms with Gasteiger partial charge in [0, 0.05) is 11.9 Å². The summed E-state index contributed by atoms with van der Waals surface area (Å²) in [7, 11) is 0. The normalized spacial score (nSPS) is 11.0. The van der Waals surface area contributed by atoms with Gasteiger partial charge in [0.25, 0.3) is 5.91 Å². The number of ether oxygens (including phenoxy) is 2. The van der Waals surface area contributed by atoms with Crippen LogP contribution in [0, 0.1) is 0 Å². The highest BCUT2D eigenvalue weighted by Crippen LogP contribution is 2.29. The molecule has 2 aromatic heterocycles. The molecule has 32 heavy (non-hydrogen) atoms. The topological polar surface area (TPSA) is 95.3 Å². The van der Waals surface area contributed by atoms with E-state index in [1.807, 2.05) is 13.8 Å². The fraction of sp³-hybridized carbons (Fsp3) is 0.238. The number of nitrogens with zero attached hydrogens (tertiary/aromatic N) is 3. The second kappa shape index (κ2) is 10.2. The van der Waals surface area contributed by atoms with Crippen molar-refractivity contribution in [2.75, 3.05) is 11.9 Å². The molecule has 0 aliphatic rings. The molecule has 1 amide bonds. The molecule has 0 saturated carbocycles. The Morgan fingerprint density at radius 2 is 2.00 bits per heavy atom. The van der Waals surface area contributed by atoms with Crippen LogP contribution in [0.2, 0.25) is 5.02 Å². The predicted octanol–water partition coefficient (Wildman–Crippen LogP) is 4.44. The number of alkyl halides is 2. The van der Waals surface area contributed by atoms with Gasteiger partial charge in [-0.3, -0.25) is 4.79 Å². The number of pyridine rings is 1. The Labute approximate surface area is 187 Å². The van der Waals surface area contributed by atoms with Crippen molar-refractivity contribution < 1.29 is 27.8 Å². The summed E-state index contributed by atoms with van der Waals surface area (Å²) in [5.74, 6) is -1.11. The highest BCUT2D eigenvalue weighted by Gasteiger charge is 2.23. The lowest BCUT2D eigenvalue weighted by molar-refractivity contribution is -0.119. The number of carbonyl (C=O) groups excluding carboxylic acids is 2. The first-order chi connectivity index (χ1) is 15.3. The maximum absolute atomic E-state index is 12.6. The Morgan fingerprint density at radius 3 is 2.62 bits per heavy atom. The summed E-state index contributed by atoms with van der Waals surface area (Å²) in [6.07, 6.45) is 2.98. The van der Waals surface area contributed by atoms with Gasteiger partial charge in [-0.15, -0.1) is 0 Å². The second-order valence-corrected chi connectivity index (χ2v) is 7.25. The lowest BCUT2D eigenvalue weighted by Gasteiger charge is -2.12.